The van der Waals surface area contributed by atoms with Crippen LogP contribution in [-0.2, 0) is 11.2 Å². The molecule has 0 aliphatic rings. The maximum atomic E-state index is 13.8. The number of ether oxygens (including phenoxy) is 2. The molecule has 0 saturated heterocycles. The van der Waals surface area contributed by atoms with Crippen molar-refractivity contribution in [3.8, 4) is 5.75 Å². The van der Waals surface area contributed by atoms with Crippen LogP contribution >= 0.6 is 0 Å². The number of halogens is 2. The number of benzene rings is 1. The first-order valence-corrected chi connectivity index (χ1v) is 6.66. The molecule has 1 rings (SSSR count). The maximum absolute atomic E-state index is 13.8. The van der Waals surface area contributed by atoms with Gasteiger partial charge in [-0.3, -0.25) is 0 Å². The van der Waals surface area contributed by atoms with Crippen molar-refractivity contribution >= 4 is 0 Å². The average molecular weight is 287 g/mol. The Morgan fingerprint density at radius 3 is 2.25 bits per heavy atom. The fourth-order valence-corrected chi connectivity index (χ4v) is 1.74. The molecule has 0 radical (unpaired) electrons. The van der Waals surface area contributed by atoms with E-state index >= 15 is 0 Å². The highest BCUT2D eigenvalue weighted by Crippen LogP contribution is 2.25. The fraction of sp³-hybridized carbons (Fsp3) is 0.600. The SMILES string of the molecule is COC(C)(C)CCOc1c(F)cc(CC(C)N)cc1F. The molecule has 1 unspecified atom stereocenters. The zero-order valence-electron chi connectivity index (χ0n) is 12.5. The van der Waals surface area contributed by atoms with Crippen LogP contribution in [0.4, 0.5) is 8.78 Å². The Morgan fingerprint density at radius 2 is 1.80 bits per heavy atom. The summed E-state index contributed by atoms with van der Waals surface area (Å²) >= 11 is 0. The Balaban J connectivity index is 2.72. The van der Waals surface area contributed by atoms with Crippen molar-refractivity contribution in [1.82, 2.24) is 0 Å². The Hall–Kier alpha value is -1.20. The number of nitrogens with two attached hydrogens (primary N) is 1. The molecule has 0 fully saturated rings. The second-order valence-electron chi connectivity index (χ2n) is 5.63. The largest absolute Gasteiger partial charge is 0.487 e. The van der Waals surface area contributed by atoms with E-state index in [2.05, 4.69) is 0 Å². The highest BCUT2D eigenvalue weighted by atomic mass is 19.1. The van der Waals surface area contributed by atoms with Crippen LogP contribution in [-0.4, -0.2) is 25.4 Å². The van der Waals surface area contributed by atoms with Gasteiger partial charge in [0.2, 0.25) is 0 Å². The lowest BCUT2D eigenvalue weighted by Gasteiger charge is -2.22. The van der Waals surface area contributed by atoms with E-state index in [0.717, 1.165) is 0 Å². The molecule has 1 aromatic carbocycles. The van der Waals surface area contributed by atoms with Crippen LogP contribution in [0.2, 0.25) is 0 Å². The molecule has 0 aliphatic carbocycles. The van der Waals surface area contributed by atoms with Gasteiger partial charge in [0.1, 0.15) is 0 Å². The lowest BCUT2D eigenvalue weighted by Crippen LogP contribution is -2.25. The highest BCUT2D eigenvalue weighted by Gasteiger charge is 2.18. The molecule has 20 heavy (non-hydrogen) atoms. The van der Waals surface area contributed by atoms with Crippen molar-refractivity contribution in [1.29, 1.82) is 0 Å². The Labute approximate surface area is 119 Å². The van der Waals surface area contributed by atoms with Crippen molar-refractivity contribution in [3.63, 3.8) is 0 Å². The van der Waals surface area contributed by atoms with Crippen molar-refractivity contribution in [2.75, 3.05) is 13.7 Å². The van der Waals surface area contributed by atoms with E-state index in [0.29, 0.717) is 18.4 Å². The summed E-state index contributed by atoms with van der Waals surface area (Å²) in [6, 6.07) is 2.38. The third-order valence-electron chi connectivity index (χ3n) is 3.12. The molecule has 114 valence electrons. The molecule has 0 aliphatic heterocycles. The lowest BCUT2D eigenvalue weighted by atomic mass is 10.1. The molecule has 1 atom stereocenters. The van der Waals surface area contributed by atoms with Crippen LogP contribution in [0.15, 0.2) is 12.1 Å². The number of methoxy groups -OCH3 is 1. The van der Waals surface area contributed by atoms with E-state index in [4.69, 9.17) is 15.2 Å². The molecule has 0 bridgehead atoms. The van der Waals surface area contributed by atoms with Gasteiger partial charge in [0.05, 0.1) is 12.2 Å². The topological polar surface area (TPSA) is 44.5 Å². The number of hydrogen-bond donors (Lipinski definition) is 1. The summed E-state index contributed by atoms with van der Waals surface area (Å²) in [5.41, 5.74) is 5.76. The summed E-state index contributed by atoms with van der Waals surface area (Å²) in [6.45, 7) is 5.73. The smallest absolute Gasteiger partial charge is 0.190 e. The van der Waals surface area contributed by atoms with E-state index in [9.17, 15) is 8.78 Å². The monoisotopic (exact) mass is 287 g/mol. The quantitative estimate of drug-likeness (QED) is 0.838. The first-order chi connectivity index (χ1) is 9.25. The Kier molecular flexibility index (Phi) is 5.89. The molecule has 5 heteroatoms. The van der Waals surface area contributed by atoms with Crippen LogP contribution in [0.5, 0.6) is 5.75 Å². The van der Waals surface area contributed by atoms with Crippen LogP contribution < -0.4 is 10.5 Å². The third-order valence-corrected chi connectivity index (χ3v) is 3.12. The first kappa shape index (κ1) is 16.9. The summed E-state index contributed by atoms with van der Waals surface area (Å²) in [6.07, 6.45) is 0.953. The summed E-state index contributed by atoms with van der Waals surface area (Å²) in [5, 5.41) is 0. The van der Waals surface area contributed by atoms with Crippen molar-refractivity contribution < 1.29 is 18.3 Å². The van der Waals surface area contributed by atoms with E-state index in [-0.39, 0.29) is 24.0 Å². The van der Waals surface area contributed by atoms with Crippen molar-refractivity contribution in [3.05, 3.63) is 29.3 Å². The summed E-state index contributed by atoms with van der Waals surface area (Å²) in [5.74, 6) is -1.74. The predicted molar refractivity (Wildman–Crippen MR) is 74.9 cm³/mol. The first-order valence-electron chi connectivity index (χ1n) is 6.66. The molecular weight excluding hydrogens is 264 g/mol. The van der Waals surface area contributed by atoms with Crippen molar-refractivity contribution in [2.24, 2.45) is 5.73 Å². The standard InChI is InChI=1S/C15H23F2NO2/c1-10(18)7-11-8-12(16)14(13(17)9-11)20-6-5-15(2,3)19-4/h8-10H,5-7,18H2,1-4H3. The average Bonchev–Trinajstić information content (AvgIpc) is 2.32. The van der Waals surface area contributed by atoms with E-state index in [1.165, 1.54) is 12.1 Å². The molecule has 3 nitrogen and oxygen atoms in total. The third kappa shape index (κ3) is 5.06. The highest BCUT2D eigenvalue weighted by molar-refractivity contribution is 5.31. The molecule has 0 heterocycles. The number of rotatable bonds is 7. The van der Waals surface area contributed by atoms with Gasteiger partial charge in [-0.15, -0.1) is 0 Å². The predicted octanol–water partition coefficient (Wildman–Crippen LogP) is 3.05. The minimum atomic E-state index is -0.698. The Bertz CT molecular complexity index is 424. The van der Waals surface area contributed by atoms with Gasteiger partial charge in [0, 0.05) is 19.6 Å². The fourth-order valence-electron chi connectivity index (χ4n) is 1.74. The van der Waals surface area contributed by atoms with Crippen LogP contribution in [0.3, 0.4) is 0 Å². The molecule has 0 spiro atoms. The maximum Gasteiger partial charge on any atom is 0.190 e. The van der Waals surface area contributed by atoms with Crippen molar-refractivity contribution in [2.45, 2.75) is 45.3 Å². The van der Waals surface area contributed by atoms with Crippen LogP contribution in [0.25, 0.3) is 0 Å². The van der Waals surface area contributed by atoms with E-state index in [1.807, 2.05) is 13.8 Å². The van der Waals surface area contributed by atoms with Gasteiger partial charge in [0.25, 0.3) is 0 Å². The molecule has 0 aromatic heterocycles. The summed E-state index contributed by atoms with van der Waals surface area (Å²) in [4.78, 5) is 0. The molecule has 0 saturated carbocycles. The van der Waals surface area contributed by atoms with E-state index in [1.54, 1.807) is 14.0 Å². The summed E-state index contributed by atoms with van der Waals surface area (Å²) in [7, 11) is 1.59. The molecule has 2 N–H and O–H groups in total. The minimum Gasteiger partial charge on any atom is -0.487 e. The zero-order chi connectivity index (χ0) is 15.3. The normalized spacial score (nSPS) is 13.3. The zero-order valence-corrected chi connectivity index (χ0v) is 12.5. The van der Waals surface area contributed by atoms with E-state index < -0.39 is 11.6 Å². The van der Waals surface area contributed by atoms with Crippen LogP contribution in [0, 0.1) is 11.6 Å². The van der Waals surface area contributed by atoms with Gasteiger partial charge in [-0.2, -0.15) is 0 Å². The van der Waals surface area contributed by atoms with Gasteiger partial charge in [-0.1, -0.05) is 0 Å². The van der Waals surface area contributed by atoms with Gasteiger partial charge in [-0.25, -0.2) is 8.78 Å². The molecule has 0 amide bonds. The van der Waals surface area contributed by atoms with Gasteiger partial charge < -0.3 is 15.2 Å². The van der Waals surface area contributed by atoms with Crippen LogP contribution in [0.1, 0.15) is 32.8 Å². The second-order valence-corrected chi connectivity index (χ2v) is 5.63. The second kappa shape index (κ2) is 6.99. The molecular formula is C15H23F2NO2. The van der Waals surface area contributed by atoms with Gasteiger partial charge in [-0.05, 0) is 44.9 Å². The lowest BCUT2D eigenvalue weighted by molar-refractivity contribution is 0.00478. The number of hydrogen-bond acceptors (Lipinski definition) is 3. The molecule has 1 aromatic rings. The minimum absolute atomic E-state index is 0.150. The summed E-state index contributed by atoms with van der Waals surface area (Å²) < 4.78 is 38.1. The van der Waals surface area contributed by atoms with Gasteiger partial charge >= 0.3 is 0 Å². The van der Waals surface area contributed by atoms with Gasteiger partial charge in [0.15, 0.2) is 17.4 Å². The Morgan fingerprint density at radius 1 is 1.25 bits per heavy atom.